The van der Waals surface area contributed by atoms with Gasteiger partial charge in [-0.1, -0.05) is 6.42 Å². The molecule has 4 nitrogen and oxygen atoms in total. The zero-order chi connectivity index (χ0) is 14.2. The SMILES string of the molecule is O=C(NC1CC2CCC1C2)c1cccn1C1CCNCC1. The standard InChI is InChI=1S/C17H25N3O/c21-17(19-15-11-12-3-4-13(15)10-12)16-2-1-9-20(16)14-5-7-18-8-6-14/h1-2,9,12-15,18H,3-8,10-11H2,(H,19,21). The summed E-state index contributed by atoms with van der Waals surface area (Å²) < 4.78 is 2.20. The Kier molecular flexibility index (Phi) is 3.49. The summed E-state index contributed by atoms with van der Waals surface area (Å²) in [6.45, 7) is 2.10. The number of piperidine rings is 1. The smallest absolute Gasteiger partial charge is 0.268 e. The van der Waals surface area contributed by atoms with Crippen LogP contribution in [0.25, 0.3) is 0 Å². The van der Waals surface area contributed by atoms with Gasteiger partial charge in [0.05, 0.1) is 0 Å². The topological polar surface area (TPSA) is 46.1 Å². The van der Waals surface area contributed by atoms with Crippen molar-refractivity contribution in [1.29, 1.82) is 0 Å². The summed E-state index contributed by atoms with van der Waals surface area (Å²) >= 11 is 0. The zero-order valence-electron chi connectivity index (χ0n) is 12.6. The van der Waals surface area contributed by atoms with E-state index in [9.17, 15) is 4.79 Å². The number of hydrogen-bond acceptors (Lipinski definition) is 2. The predicted octanol–water partition coefficient (Wildman–Crippen LogP) is 2.33. The molecule has 1 amide bonds. The first-order valence-corrected chi connectivity index (χ1v) is 8.49. The van der Waals surface area contributed by atoms with Crippen LogP contribution in [0.4, 0.5) is 0 Å². The van der Waals surface area contributed by atoms with Gasteiger partial charge in [0.1, 0.15) is 5.69 Å². The highest BCUT2D eigenvalue weighted by molar-refractivity contribution is 5.93. The third-order valence-corrected chi connectivity index (χ3v) is 5.77. The number of carbonyl (C=O) groups is 1. The van der Waals surface area contributed by atoms with Crippen molar-refractivity contribution in [3.8, 4) is 0 Å². The fraction of sp³-hybridized carbons (Fsp3) is 0.706. The van der Waals surface area contributed by atoms with Crippen molar-refractivity contribution in [2.24, 2.45) is 11.8 Å². The van der Waals surface area contributed by atoms with Gasteiger partial charge in [-0.3, -0.25) is 4.79 Å². The Balaban J connectivity index is 1.46. The van der Waals surface area contributed by atoms with Gasteiger partial charge in [-0.15, -0.1) is 0 Å². The second-order valence-corrected chi connectivity index (χ2v) is 7.04. The minimum absolute atomic E-state index is 0.135. The molecule has 0 aromatic carbocycles. The first kappa shape index (κ1) is 13.4. The zero-order valence-corrected chi connectivity index (χ0v) is 12.6. The Morgan fingerprint density at radius 1 is 1.19 bits per heavy atom. The van der Waals surface area contributed by atoms with Crippen LogP contribution in [0.15, 0.2) is 18.3 Å². The molecule has 3 fully saturated rings. The summed E-state index contributed by atoms with van der Waals surface area (Å²) in [5, 5.41) is 6.71. The lowest BCUT2D eigenvalue weighted by Gasteiger charge is -2.27. The molecule has 21 heavy (non-hydrogen) atoms. The van der Waals surface area contributed by atoms with Gasteiger partial charge in [0.2, 0.25) is 0 Å². The van der Waals surface area contributed by atoms with Crippen LogP contribution in [0.3, 0.4) is 0 Å². The average Bonchev–Trinajstić information content (AvgIpc) is 3.24. The number of nitrogens with one attached hydrogen (secondary N) is 2. The van der Waals surface area contributed by atoms with Gasteiger partial charge < -0.3 is 15.2 Å². The number of amides is 1. The van der Waals surface area contributed by atoms with Gasteiger partial charge in [-0.2, -0.15) is 0 Å². The molecule has 114 valence electrons. The molecular formula is C17H25N3O. The molecule has 4 heteroatoms. The van der Waals surface area contributed by atoms with E-state index in [2.05, 4.69) is 21.4 Å². The van der Waals surface area contributed by atoms with Gasteiger partial charge >= 0.3 is 0 Å². The van der Waals surface area contributed by atoms with Crippen LogP contribution < -0.4 is 10.6 Å². The lowest BCUT2D eigenvalue weighted by Crippen LogP contribution is -2.40. The minimum atomic E-state index is 0.135. The quantitative estimate of drug-likeness (QED) is 0.896. The molecule has 4 rings (SSSR count). The molecule has 2 aliphatic carbocycles. The van der Waals surface area contributed by atoms with Crippen LogP contribution in [0.2, 0.25) is 0 Å². The minimum Gasteiger partial charge on any atom is -0.348 e. The summed E-state index contributed by atoms with van der Waals surface area (Å²) in [6.07, 6.45) is 9.52. The lowest BCUT2D eigenvalue weighted by molar-refractivity contribution is 0.0910. The maximum Gasteiger partial charge on any atom is 0.268 e. The maximum absolute atomic E-state index is 12.7. The maximum atomic E-state index is 12.7. The number of carbonyl (C=O) groups excluding carboxylic acids is 1. The molecule has 0 radical (unpaired) electrons. The van der Waals surface area contributed by atoms with Crippen molar-refractivity contribution in [1.82, 2.24) is 15.2 Å². The van der Waals surface area contributed by atoms with Crippen LogP contribution in [0.1, 0.15) is 55.1 Å². The highest BCUT2D eigenvalue weighted by Crippen LogP contribution is 2.44. The molecule has 3 unspecified atom stereocenters. The molecule has 2 N–H and O–H groups in total. The van der Waals surface area contributed by atoms with Crippen molar-refractivity contribution in [2.45, 2.75) is 50.6 Å². The van der Waals surface area contributed by atoms with E-state index in [-0.39, 0.29) is 5.91 Å². The molecule has 2 heterocycles. The van der Waals surface area contributed by atoms with Crippen molar-refractivity contribution >= 4 is 5.91 Å². The van der Waals surface area contributed by atoms with Gasteiger partial charge in [0.25, 0.3) is 5.91 Å². The fourth-order valence-corrected chi connectivity index (χ4v) is 4.65. The summed E-state index contributed by atoms with van der Waals surface area (Å²) in [5.74, 6) is 1.74. The third kappa shape index (κ3) is 2.50. The Bertz CT molecular complexity index is 518. The molecule has 3 atom stereocenters. The van der Waals surface area contributed by atoms with E-state index in [0.29, 0.717) is 12.1 Å². The van der Waals surface area contributed by atoms with Gasteiger partial charge in [-0.05, 0) is 69.2 Å². The van der Waals surface area contributed by atoms with Gasteiger partial charge in [0, 0.05) is 18.3 Å². The third-order valence-electron chi connectivity index (χ3n) is 5.77. The van der Waals surface area contributed by atoms with E-state index in [0.717, 1.165) is 43.5 Å². The number of aromatic nitrogens is 1. The summed E-state index contributed by atoms with van der Waals surface area (Å²) in [6, 6.07) is 4.89. The van der Waals surface area contributed by atoms with Crippen LogP contribution in [0.5, 0.6) is 0 Å². The van der Waals surface area contributed by atoms with E-state index in [1.54, 1.807) is 0 Å². The number of hydrogen-bond donors (Lipinski definition) is 2. The Labute approximate surface area is 126 Å². The van der Waals surface area contributed by atoms with Crippen molar-refractivity contribution in [3.05, 3.63) is 24.0 Å². The summed E-state index contributed by atoms with van der Waals surface area (Å²) in [7, 11) is 0. The summed E-state index contributed by atoms with van der Waals surface area (Å²) in [4.78, 5) is 12.7. The average molecular weight is 287 g/mol. The molecule has 1 aromatic heterocycles. The van der Waals surface area contributed by atoms with Crippen LogP contribution >= 0.6 is 0 Å². The molecule has 3 aliphatic rings. The molecule has 1 saturated heterocycles. The van der Waals surface area contributed by atoms with E-state index < -0.39 is 0 Å². The highest BCUT2D eigenvalue weighted by Gasteiger charge is 2.40. The number of fused-ring (bicyclic) bond motifs is 2. The number of rotatable bonds is 3. The lowest BCUT2D eigenvalue weighted by atomic mass is 9.95. The Hall–Kier alpha value is -1.29. The monoisotopic (exact) mass is 287 g/mol. The van der Waals surface area contributed by atoms with Crippen LogP contribution in [-0.4, -0.2) is 29.6 Å². The molecule has 0 spiro atoms. The Morgan fingerprint density at radius 2 is 2.05 bits per heavy atom. The molecule has 1 aromatic rings. The second kappa shape index (κ2) is 5.48. The second-order valence-electron chi connectivity index (χ2n) is 7.04. The largest absolute Gasteiger partial charge is 0.348 e. The number of nitrogens with zero attached hydrogens (tertiary/aromatic N) is 1. The van der Waals surface area contributed by atoms with Gasteiger partial charge in [0.15, 0.2) is 0 Å². The molecule has 1 aliphatic heterocycles. The van der Waals surface area contributed by atoms with E-state index in [1.807, 2.05) is 12.1 Å². The van der Waals surface area contributed by atoms with Gasteiger partial charge in [-0.25, -0.2) is 0 Å². The first-order chi connectivity index (χ1) is 10.3. The Morgan fingerprint density at radius 3 is 2.76 bits per heavy atom. The molecule has 2 bridgehead atoms. The fourth-order valence-electron chi connectivity index (χ4n) is 4.65. The molecular weight excluding hydrogens is 262 g/mol. The van der Waals surface area contributed by atoms with Crippen molar-refractivity contribution in [2.75, 3.05) is 13.1 Å². The normalized spacial score (nSPS) is 32.5. The highest BCUT2D eigenvalue weighted by atomic mass is 16.2. The van der Waals surface area contributed by atoms with E-state index in [1.165, 1.54) is 25.7 Å². The summed E-state index contributed by atoms with van der Waals surface area (Å²) in [5.41, 5.74) is 0.852. The predicted molar refractivity (Wildman–Crippen MR) is 82.3 cm³/mol. The van der Waals surface area contributed by atoms with E-state index >= 15 is 0 Å². The van der Waals surface area contributed by atoms with E-state index in [4.69, 9.17) is 0 Å². The van der Waals surface area contributed by atoms with Crippen LogP contribution in [-0.2, 0) is 0 Å². The molecule has 2 saturated carbocycles. The van der Waals surface area contributed by atoms with Crippen LogP contribution in [0, 0.1) is 11.8 Å². The van der Waals surface area contributed by atoms with Crippen molar-refractivity contribution in [3.63, 3.8) is 0 Å². The van der Waals surface area contributed by atoms with Crippen molar-refractivity contribution < 1.29 is 4.79 Å². The first-order valence-electron chi connectivity index (χ1n) is 8.49.